The van der Waals surface area contributed by atoms with Crippen molar-refractivity contribution in [3.8, 4) is 5.75 Å². The molecule has 31 heavy (non-hydrogen) atoms. The Labute approximate surface area is 198 Å². The highest BCUT2D eigenvalue weighted by molar-refractivity contribution is 7.99. The van der Waals surface area contributed by atoms with E-state index < -0.39 is 6.04 Å². The Morgan fingerprint density at radius 1 is 1.03 bits per heavy atom. The van der Waals surface area contributed by atoms with Crippen LogP contribution in [0.5, 0.6) is 5.75 Å². The molecule has 0 aromatic heterocycles. The number of amides is 2. The second-order valence-electron chi connectivity index (χ2n) is 7.45. The molecule has 0 heterocycles. The van der Waals surface area contributed by atoms with Gasteiger partial charge in [-0.1, -0.05) is 41.4 Å². The maximum atomic E-state index is 13.1. The van der Waals surface area contributed by atoms with Crippen LogP contribution < -0.4 is 10.1 Å². The number of halogens is 2. The fourth-order valence-electron chi connectivity index (χ4n) is 2.88. The molecule has 0 saturated heterocycles. The molecule has 1 N–H and O–H groups in total. The molecule has 1 atom stereocenters. The van der Waals surface area contributed by atoms with E-state index in [1.165, 1.54) is 11.8 Å². The average molecular weight is 483 g/mol. The normalized spacial score (nSPS) is 11.8. The van der Waals surface area contributed by atoms with Gasteiger partial charge in [0.2, 0.25) is 11.8 Å². The van der Waals surface area contributed by atoms with Crippen molar-refractivity contribution in [3.05, 3.63) is 63.6 Å². The lowest BCUT2D eigenvalue weighted by molar-refractivity contribution is -0.138. The SMILES string of the molecule is COc1ccc(CSCC(=O)N(Cc2ccc(Cl)c(Cl)c2)[C@@H](C)C(=O)NC(C)C)cc1. The smallest absolute Gasteiger partial charge is 0.242 e. The van der Waals surface area contributed by atoms with Gasteiger partial charge in [0, 0.05) is 18.3 Å². The predicted octanol–water partition coefficient (Wildman–Crippen LogP) is 5.18. The number of ether oxygens (including phenoxy) is 1. The number of carbonyl (C=O) groups excluding carboxylic acids is 2. The maximum Gasteiger partial charge on any atom is 0.242 e. The van der Waals surface area contributed by atoms with Crippen molar-refractivity contribution >= 4 is 46.8 Å². The number of carbonyl (C=O) groups is 2. The molecule has 0 aliphatic heterocycles. The predicted molar refractivity (Wildman–Crippen MR) is 129 cm³/mol. The molecule has 2 aromatic rings. The molecule has 0 radical (unpaired) electrons. The van der Waals surface area contributed by atoms with Gasteiger partial charge in [0.05, 0.1) is 22.9 Å². The van der Waals surface area contributed by atoms with Crippen LogP contribution in [0.15, 0.2) is 42.5 Å². The van der Waals surface area contributed by atoms with Gasteiger partial charge >= 0.3 is 0 Å². The monoisotopic (exact) mass is 482 g/mol. The summed E-state index contributed by atoms with van der Waals surface area (Å²) in [5, 5.41) is 3.74. The van der Waals surface area contributed by atoms with E-state index >= 15 is 0 Å². The molecule has 5 nitrogen and oxygen atoms in total. The molecule has 0 aliphatic rings. The standard InChI is InChI=1S/C23H28Cl2N2O3S/c1-15(2)26-23(29)16(3)27(12-18-7-10-20(24)21(25)11-18)22(28)14-31-13-17-5-8-19(30-4)9-6-17/h5-11,15-16H,12-14H2,1-4H3,(H,26,29)/t16-/m0/s1. The van der Waals surface area contributed by atoms with Gasteiger partial charge in [-0.3, -0.25) is 9.59 Å². The van der Waals surface area contributed by atoms with Gasteiger partial charge in [0.25, 0.3) is 0 Å². The molecular formula is C23H28Cl2N2O3S. The van der Waals surface area contributed by atoms with Gasteiger partial charge in [0.1, 0.15) is 11.8 Å². The quantitative estimate of drug-likeness (QED) is 0.506. The van der Waals surface area contributed by atoms with E-state index in [0.29, 0.717) is 15.8 Å². The Balaban J connectivity index is 2.08. The third-order valence-electron chi connectivity index (χ3n) is 4.59. The van der Waals surface area contributed by atoms with Gasteiger partial charge in [0.15, 0.2) is 0 Å². The molecular weight excluding hydrogens is 455 g/mol. The highest BCUT2D eigenvalue weighted by atomic mass is 35.5. The third-order valence-corrected chi connectivity index (χ3v) is 6.32. The van der Waals surface area contributed by atoms with E-state index in [1.54, 1.807) is 31.1 Å². The summed E-state index contributed by atoms with van der Waals surface area (Å²) in [5.41, 5.74) is 1.91. The number of hydrogen-bond donors (Lipinski definition) is 1. The lowest BCUT2D eigenvalue weighted by Gasteiger charge is -2.29. The maximum absolute atomic E-state index is 13.1. The molecule has 2 rings (SSSR count). The summed E-state index contributed by atoms with van der Waals surface area (Å²) in [6.07, 6.45) is 0. The minimum absolute atomic E-state index is 0.0127. The number of benzene rings is 2. The fourth-order valence-corrected chi connectivity index (χ4v) is 4.07. The fraction of sp³-hybridized carbons (Fsp3) is 0.391. The van der Waals surface area contributed by atoms with E-state index in [4.69, 9.17) is 27.9 Å². The third kappa shape index (κ3) is 7.95. The highest BCUT2D eigenvalue weighted by Gasteiger charge is 2.26. The number of methoxy groups -OCH3 is 1. The molecule has 0 spiro atoms. The number of nitrogens with one attached hydrogen (secondary N) is 1. The molecule has 168 valence electrons. The van der Waals surface area contributed by atoms with Crippen LogP contribution in [0.2, 0.25) is 10.0 Å². The van der Waals surface area contributed by atoms with Gasteiger partial charge in [-0.2, -0.15) is 0 Å². The summed E-state index contributed by atoms with van der Waals surface area (Å²) >= 11 is 13.6. The summed E-state index contributed by atoms with van der Waals surface area (Å²) in [7, 11) is 1.63. The van der Waals surface area contributed by atoms with E-state index in [-0.39, 0.29) is 30.2 Å². The zero-order chi connectivity index (χ0) is 23.0. The van der Waals surface area contributed by atoms with Crippen LogP contribution in [0.1, 0.15) is 31.9 Å². The van der Waals surface area contributed by atoms with Crippen LogP contribution in [0.3, 0.4) is 0 Å². The first kappa shape index (κ1) is 25.4. The van der Waals surface area contributed by atoms with Crippen molar-refractivity contribution in [2.45, 2.75) is 45.2 Å². The molecule has 0 aliphatic carbocycles. The van der Waals surface area contributed by atoms with Gasteiger partial charge in [-0.15, -0.1) is 11.8 Å². The van der Waals surface area contributed by atoms with E-state index in [1.807, 2.05) is 44.2 Å². The van der Waals surface area contributed by atoms with Gasteiger partial charge < -0.3 is 15.0 Å². The van der Waals surface area contributed by atoms with Crippen LogP contribution in [0.25, 0.3) is 0 Å². The average Bonchev–Trinajstić information content (AvgIpc) is 2.73. The van der Waals surface area contributed by atoms with Crippen molar-refractivity contribution in [1.29, 1.82) is 0 Å². The first-order valence-corrected chi connectivity index (χ1v) is 11.9. The lowest BCUT2D eigenvalue weighted by Crippen LogP contribution is -2.49. The van der Waals surface area contributed by atoms with Crippen molar-refractivity contribution in [2.75, 3.05) is 12.9 Å². The molecule has 0 bridgehead atoms. The Morgan fingerprint density at radius 2 is 1.68 bits per heavy atom. The van der Waals surface area contributed by atoms with Gasteiger partial charge in [-0.05, 0) is 56.2 Å². The Kier molecular flexibility index (Phi) is 10.0. The van der Waals surface area contributed by atoms with Crippen LogP contribution in [0.4, 0.5) is 0 Å². The largest absolute Gasteiger partial charge is 0.497 e. The number of nitrogens with zero attached hydrogens (tertiary/aromatic N) is 1. The first-order chi connectivity index (χ1) is 14.7. The lowest BCUT2D eigenvalue weighted by atomic mass is 10.1. The Bertz CT molecular complexity index is 891. The molecule has 0 unspecified atom stereocenters. The summed E-state index contributed by atoms with van der Waals surface area (Å²) in [6.45, 7) is 5.79. The van der Waals surface area contributed by atoms with Crippen molar-refractivity contribution in [1.82, 2.24) is 10.2 Å². The number of thioether (sulfide) groups is 1. The Morgan fingerprint density at radius 3 is 2.26 bits per heavy atom. The summed E-state index contributed by atoms with van der Waals surface area (Å²) in [4.78, 5) is 27.2. The topological polar surface area (TPSA) is 58.6 Å². The van der Waals surface area contributed by atoms with Gasteiger partial charge in [-0.25, -0.2) is 0 Å². The van der Waals surface area contributed by atoms with Crippen molar-refractivity contribution in [3.63, 3.8) is 0 Å². The molecule has 0 saturated carbocycles. The van der Waals surface area contributed by atoms with E-state index in [2.05, 4.69) is 5.32 Å². The molecule has 2 aromatic carbocycles. The van der Waals surface area contributed by atoms with E-state index in [0.717, 1.165) is 16.9 Å². The summed E-state index contributed by atoms with van der Waals surface area (Å²) < 4.78 is 5.17. The van der Waals surface area contributed by atoms with Crippen LogP contribution in [0, 0.1) is 0 Å². The minimum atomic E-state index is -0.619. The van der Waals surface area contributed by atoms with Crippen LogP contribution in [-0.4, -0.2) is 41.7 Å². The van der Waals surface area contributed by atoms with Crippen LogP contribution >= 0.6 is 35.0 Å². The molecule has 0 fully saturated rings. The number of rotatable bonds is 10. The summed E-state index contributed by atoms with van der Waals surface area (Å²) in [6, 6.07) is 12.3. The second-order valence-corrected chi connectivity index (χ2v) is 9.25. The van der Waals surface area contributed by atoms with Crippen LogP contribution in [-0.2, 0) is 21.9 Å². The molecule has 2 amide bonds. The molecule has 8 heteroatoms. The highest BCUT2D eigenvalue weighted by Crippen LogP contribution is 2.24. The minimum Gasteiger partial charge on any atom is -0.497 e. The Hall–Kier alpha value is -1.89. The summed E-state index contributed by atoms with van der Waals surface area (Å²) in [5.74, 6) is 1.43. The van der Waals surface area contributed by atoms with E-state index in [9.17, 15) is 9.59 Å². The number of hydrogen-bond acceptors (Lipinski definition) is 4. The zero-order valence-corrected chi connectivity index (χ0v) is 20.5. The first-order valence-electron chi connectivity index (χ1n) is 9.95. The second kappa shape index (κ2) is 12.2. The van der Waals surface area contributed by atoms with Crippen molar-refractivity contribution in [2.24, 2.45) is 0 Å². The van der Waals surface area contributed by atoms with Crippen molar-refractivity contribution < 1.29 is 14.3 Å². The zero-order valence-electron chi connectivity index (χ0n) is 18.2.